The molecule has 0 spiro atoms. The second-order valence-electron chi connectivity index (χ2n) is 5.04. The summed E-state index contributed by atoms with van der Waals surface area (Å²) in [5, 5.41) is 11.7. The highest BCUT2D eigenvalue weighted by Crippen LogP contribution is 2.52. The van der Waals surface area contributed by atoms with Gasteiger partial charge in [-0.15, -0.1) is 11.3 Å². The lowest BCUT2D eigenvalue weighted by molar-refractivity contribution is -0.148. The van der Waals surface area contributed by atoms with Gasteiger partial charge in [-0.1, -0.05) is 30.3 Å². The predicted molar refractivity (Wildman–Crippen MR) is 72.1 cm³/mol. The van der Waals surface area contributed by atoms with E-state index >= 15 is 0 Å². The SMILES string of the molecule is C[C@@]1(C(=O)O)Cc2sccc2[C@@H]1c1ccccc1. The topological polar surface area (TPSA) is 37.3 Å². The number of carboxylic acid groups (broad SMARTS) is 1. The smallest absolute Gasteiger partial charge is 0.310 e. The summed E-state index contributed by atoms with van der Waals surface area (Å²) in [5.74, 6) is -0.739. The molecule has 2 atom stereocenters. The van der Waals surface area contributed by atoms with Crippen LogP contribution in [0.2, 0.25) is 0 Å². The van der Waals surface area contributed by atoms with E-state index in [1.54, 1.807) is 11.3 Å². The Morgan fingerprint density at radius 1 is 1.33 bits per heavy atom. The number of fused-ring (bicyclic) bond motifs is 1. The average molecular weight is 258 g/mol. The molecule has 0 unspecified atom stereocenters. The van der Waals surface area contributed by atoms with Gasteiger partial charge in [-0.25, -0.2) is 0 Å². The molecule has 0 saturated carbocycles. The molecule has 1 aliphatic rings. The van der Waals surface area contributed by atoms with Gasteiger partial charge < -0.3 is 5.11 Å². The van der Waals surface area contributed by atoms with Crippen LogP contribution < -0.4 is 0 Å². The van der Waals surface area contributed by atoms with Gasteiger partial charge in [-0.2, -0.15) is 0 Å². The lowest BCUT2D eigenvalue weighted by atomic mass is 9.74. The molecule has 0 radical (unpaired) electrons. The Morgan fingerprint density at radius 3 is 2.72 bits per heavy atom. The molecule has 0 amide bonds. The molecular formula is C15H14O2S. The van der Waals surface area contributed by atoms with E-state index < -0.39 is 11.4 Å². The van der Waals surface area contributed by atoms with Crippen molar-refractivity contribution in [2.45, 2.75) is 19.3 Å². The first kappa shape index (κ1) is 11.5. The number of rotatable bonds is 2. The van der Waals surface area contributed by atoms with Gasteiger partial charge in [0.05, 0.1) is 5.41 Å². The summed E-state index contributed by atoms with van der Waals surface area (Å²) in [6, 6.07) is 12.0. The molecule has 0 fully saturated rings. The highest BCUT2D eigenvalue weighted by atomic mass is 32.1. The standard InChI is InChI=1S/C15H14O2S/c1-15(14(16)17)9-12-11(7-8-18-12)13(15)10-5-3-2-4-6-10/h2-8,13H,9H2,1H3,(H,16,17)/t13-,15+/m0/s1. The Kier molecular flexibility index (Phi) is 2.52. The molecule has 92 valence electrons. The lowest BCUT2D eigenvalue weighted by Gasteiger charge is -2.28. The van der Waals surface area contributed by atoms with Crippen molar-refractivity contribution >= 4 is 17.3 Å². The highest BCUT2D eigenvalue weighted by Gasteiger charge is 2.49. The summed E-state index contributed by atoms with van der Waals surface area (Å²) < 4.78 is 0. The Morgan fingerprint density at radius 2 is 2.06 bits per heavy atom. The van der Waals surface area contributed by atoms with Crippen LogP contribution in [0.1, 0.15) is 28.8 Å². The minimum atomic E-state index is -0.718. The molecule has 1 aliphatic carbocycles. The van der Waals surface area contributed by atoms with E-state index in [4.69, 9.17) is 0 Å². The molecule has 3 heteroatoms. The van der Waals surface area contributed by atoms with Crippen molar-refractivity contribution in [1.82, 2.24) is 0 Å². The maximum absolute atomic E-state index is 11.7. The molecule has 1 aromatic heterocycles. The number of aliphatic carboxylic acids is 1. The Hall–Kier alpha value is -1.61. The summed E-state index contributed by atoms with van der Waals surface area (Å²) in [6.07, 6.45) is 0.634. The van der Waals surface area contributed by atoms with Gasteiger partial charge in [0.25, 0.3) is 0 Å². The second-order valence-corrected chi connectivity index (χ2v) is 6.04. The van der Waals surface area contributed by atoms with Crippen molar-refractivity contribution in [1.29, 1.82) is 0 Å². The third-order valence-corrected chi connectivity index (χ3v) is 4.81. The number of hydrogen-bond donors (Lipinski definition) is 1. The van der Waals surface area contributed by atoms with Crippen molar-refractivity contribution < 1.29 is 9.90 Å². The van der Waals surface area contributed by atoms with Crippen molar-refractivity contribution in [2.75, 3.05) is 0 Å². The van der Waals surface area contributed by atoms with Crippen LogP contribution >= 0.6 is 11.3 Å². The Balaban J connectivity index is 2.16. The third-order valence-electron chi connectivity index (χ3n) is 3.88. The van der Waals surface area contributed by atoms with Crippen molar-refractivity contribution in [3.8, 4) is 0 Å². The quantitative estimate of drug-likeness (QED) is 0.894. The van der Waals surface area contributed by atoms with Crippen LogP contribution in [0.5, 0.6) is 0 Å². The zero-order chi connectivity index (χ0) is 12.8. The minimum absolute atomic E-state index is 0.0301. The van der Waals surface area contributed by atoms with Crippen LogP contribution in [0, 0.1) is 5.41 Å². The maximum Gasteiger partial charge on any atom is 0.310 e. The summed E-state index contributed by atoms with van der Waals surface area (Å²) >= 11 is 1.67. The van der Waals surface area contributed by atoms with Gasteiger partial charge in [0, 0.05) is 10.8 Å². The third kappa shape index (κ3) is 1.51. The highest BCUT2D eigenvalue weighted by molar-refractivity contribution is 7.10. The van der Waals surface area contributed by atoms with Gasteiger partial charge in [0.15, 0.2) is 0 Å². The van der Waals surface area contributed by atoms with Crippen molar-refractivity contribution in [3.05, 3.63) is 57.8 Å². The van der Waals surface area contributed by atoms with Gasteiger partial charge in [-0.05, 0) is 35.9 Å². The van der Waals surface area contributed by atoms with E-state index in [0.717, 1.165) is 5.56 Å². The summed E-state index contributed by atoms with van der Waals surface area (Å²) in [6.45, 7) is 1.86. The zero-order valence-electron chi connectivity index (χ0n) is 10.1. The summed E-state index contributed by atoms with van der Waals surface area (Å²) in [4.78, 5) is 12.9. The number of benzene rings is 1. The van der Waals surface area contributed by atoms with Crippen LogP contribution in [0.4, 0.5) is 0 Å². The minimum Gasteiger partial charge on any atom is -0.481 e. The van der Waals surface area contributed by atoms with E-state index in [0.29, 0.717) is 6.42 Å². The van der Waals surface area contributed by atoms with Crippen molar-refractivity contribution in [3.63, 3.8) is 0 Å². The van der Waals surface area contributed by atoms with Crippen LogP contribution in [0.15, 0.2) is 41.8 Å². The molecule has 0 saturated heterocycles. The normalized spacial score (nSPS) is 25.9. The van der Waals surface area contributed by atoms with Crippen LogP contribution in [-0.2, 0) is 11.2 Å². The van der Waals surface area contributed by atoms with Gasteiger partial charge in [-0.3, -0.25) is 4.79 Å². The molecule has 0 bridgehead atoms. The molecule has 1 aromatic carbocycles. The van der Waals surface area contributed by atoms with Gasteiger partial charge in [0.2, 0.25) is 0 Å². The van der Waals surface area contributed by atoms with E-state index in [2.05, 4.69) is 11.4 Å². The number of carbonyl (C=O) groups is 1. The van der Waals surface area contributed by atoms with E-state index in [9.17, 15) is 9.90 Å². The Bertz CT molecular complexity index is 588. The average Bonchev–Trinajstić information content (AvgIpc) is 2.88. The van der Waals surface area contributed by atoms with Gasteiger partial charge in [0.1, 0.15) is 0 Å². The summed E-state index contributed by atoms with van der Waals surface area (Å²) in [5.41, 5.74) is 1.57. The first-order chi connectivity index (χ1) is 8.63. The first-order valence-corrected chi connectivity index (χ1v) is 6.85. The Labute approximate surface area is 110 Å². The monoisotopic (exact) mass is 258 g/mol. The fraction of sp³-hybridized carbons (Fsp3) is 0.267. The van der Waals surface area contributed by atoms with Crippen molar-refractivity contribution in [2.24, 2.45) is 5.41 Å². The molecular weight excluding hydrogens is 244 g/mol. The zero-order valence-corrected chi connectivity index (χ0v) is 10.9. The maximum atomic E-state index is 11.7. The number of hydrogen-bond acceptors (Lipinski definition) is 2. The van der Waals surface area contributed by atoms with Crippen LogP contribution in [0.3, 0.4) is 0 Å². The first-order valence-electron chi connectivity index (χ1n) is 5.97. The van der Waals surface area contributed by atoms with E-state index in [1.165, 1.54) is 10.4 Å². The largest absolute Gasteiger partial charge is 0.481 e. The van der Waals surface area contributed by atoms with Gasteiger partial charge >= 0.3 is 5.97 Å². The predicted octanol–water partition coefficient (Wildman–Crippen LogP) is 3.53. The molecule has 1 heterocycles. The fourth-order valence-electron chi connectivity index (χ4n) is 2.92. The molecule has 3 rings (SSSR count). The van der Waals surface area contributed by atoms with E-state index in [1.807, 2.05) is 37.3 Å². The fourth-order valence-corrected chi connectivity index (χ4v) is 4.01. The molecule has 18 heavy (non-hydrogen) atoms. The van der Waals surface area contributed by atoms with Crippen LogP contribution in [-0.4, -0.2) is 11.1 Å². The number of thiophene rings is 1. The summed E-state index contributed by atoms with van der Waals surface area (Å²) in [7, 11) is 0. The molecule has 0 aliphatic heterocycles. The second kappa shape index (κ2) is 3.95. The molecule has 2 aromatic rings. The molecule has 1 N–H and O–H groups in total. The number of carboxylic acids is 1. The van der Waals surface area contributed by atoms with Crippen LogP contribution in [0.25, 0.3) is 0 Å². The molecule has 2 nitrogen and oxygen atoms in total. The lowest BCUT2D eigenvalue weighted by Crippen LogP contribution is -2.32. The van der Waals surface area contributed by atoms with E-state index in [-0.39, 0.29) is 5.92 Å².